The molecule has 58 heavy (non-hydrogen) atoms. The zero-order valence-corrected chi connectivity index (χ0v) is 38.8. The van der Waals surface area contributed by atoms with E-state index in [-0.39, 0.29) is 12.5 Å². The molecule has 0 saturated heterocycles. The Labute approximate surface area is 362 Å². The van der Waals surface area contributed by atoms with Gasteiger partial charge in [0.25, 0.3) is 0 Å². The predicted octanol–water partition coefficient (Wildman–Crippen LogP) is 16.5. The Bertz CT molecular complexity index is 965. The molecule has 0 radical (unpaired) electrons. The van der Waals surface area contributed by atoms with Crippen molar-refractivity contribution in [2.24, 2.45) is 0 Å². The molecule has 0 heterocycles. The molecule has 0 aliphatic carbocycles. The summed E-state index contributed by atoms with van der Waals surface area (Å²) in [4.78, 5) is 12.4. The van der Waals surface area contributed by atoms with Gasteiger partial charge < -0.3 is 15.5 Å². The average Bonchev–Trinajstić information content (AvgIpc) is 3.23. The second kappa shape index (κ2) is 49.5. The van der Waals surface area contributed by atoms with Crippen molar-refractivity contribution in [2.45, 2.75) is 270 Å². The molecular formula is C54H99NO3. The van der Waals surface area contributed by atoms with Crippen LogP contribution >= 0.6 is 0 Å². The molecule has 4 heteroatoms. The second-order valence-corrected chi connectivity index (χ2v) is 17.2. The summed E-state index contributed by atoms with van der Waals surface area (Å²) >= 11 is 0. The summed E-state index contributed by atoms with van der Waals surface area (Å²) in [6.07, 6.45) is 69.2. The van der Waals surface area contributed by atoms with Gasteiger partial charge in [-0.1, -0.05) is 254 Å². The van der Waals surface area contributed by atoms with E-state index in [1.807, 2.05) is 6.08 Å². The van der Waals surface area contributed by atoms with Crippen LogP contribution in [0.3, 0.4) is 0 Å². The number of carbonyl (C=O) groups is 1. The molecular weight excluding hydrogens is 711 g/mol. The monoisotopic (exact) mass is 810 g/mol. The van der Waals surface area contributed by atoms with Gasteiger partial charge in [-0.2, -0.15) is 0 Å². The van der Waals surface area contributed by atoms with Crippen LogP contribution in [-0.2, 0) is 4.79 Å². The third kappa shape index (κ3) is 45.2. The fourth-order valence-corrected chi connectivity index (χ4v) is 7.64. The number of unbranched alkanes of at least 4 members (excludes halogenated alkanes) is 31. The molecule has 1 amide bonds. The standard InChI is InChI=1S/C54H99NO3/c1-3-5-7-9-11-13-15-17-19-21-23-25-26-27-28-30-32-34-36-38-40-42-44-46-48-50-54(58)55-52(51-56)53(57)49-47-45-43-41-39-37-35-33-31-29-24-22-20-18-16-14-12-10-8-6-4-2/h5,7,11,13,17,19,23,25,47,49,52-53,56-57H,3-4,6,8-10,12,14-16,18,20-22,24,26-46,48,50-51H2,1-2H3,(H,55,58)/b7-5-,13-11-,19-17-,25-23-,49-47+. The van der Waals surface area contributed by atoms with Gasteiger partial charge in [-0.15, -0.1) is 0 Å². The van der Waals surface area contributed by atoms with Crippen LogP contribution in [0.4, 0.5) is 0 Å². The number of amides is 1. The summed E-state index contributed by atoms with van der Waals surface area (Å²) in [5.74, 6) is -0.0660. The molecule has 0 aliphatic heterocycles. The molecule has 0 saturated carbocycles. The van der Waals surface area contributed by atoms with Gasteiger partial charge in [0.2, 0.25) is 5.91 Å². The van der Waals surface area contributed by atoms with Crippen molar-refractivity contribution in [2.75, 3.05) is 6.61 Å². The van der Waals surface area contributed by atoms with Crippen LogP contribution in [0.1, 0.15) is 258 Å². The van der Waals surface area contributed by atoms with Gasteiger partial charge in [-0.05, 0) is 57.8 Å². The SMILES string of the molecule is CC/C=C\C/C=C\C/C=C\C/C=C\CCCCCCCCCCCCCCC(=O)NC(CO)C(O)/C=C/CCCCCCCCCCCCCCCCCCCCC. The van der Waals surface area contributed by atoms with E-state index in [9.17, 15) is 15.0 Å². The summed E-state index contributed by atoms with van der Waals surface area (Å²) in [5, 5.41) is 23.1. The molecule has 2 atom stereocenters. The summed E-state index contributed by atoms with van der Waals surface area (Å²) in [6, 6.07) is -0.626. The highest BCUT2D eigenvalue weighted by Gasteiger charge is 2.18. The Morgan fingerprint density at radius 2 is 0.759 bits per heavy atom. The molecule has 0 aromatic rings. The predicted molar refractivity (Wildman–Crippen MR) is 258 cm³/mol. The number of rotatable bonds is 46. The number of aliphatic hydroxyl groups excluding tert-OH is 2. The van der Waals surface area contributed by atoms with E-state index in [1.54, 1.807) is 6.08 Å². The highest BCUT2D eigenvalue weighted by Crippen LogP contribution is 2.16. The summed E-state index contributed by atoms with van der Waals surface area (Å²) in [7, 11) is 0. The quantitative estimate of drug-likeness (QED) is 0.0424. The first-order valence-electron chi connectivity index (χ1n) is 25.5. The van der Waals surface area contributed by atoms with E-state index in [4.69, 9.17) is 0 Å². The maximum atomic E-state index is 12.4. The van der Waals surface area contributed by atoms with Crippen LogP contribution in [0.15, 0.2) is 60.8 Å². The van der Waals surface area contributed by atoms with E-state index >= 15 is 0 Å². The van der Waals surface area contributed by atoms with Gasteiger partial charge in [0, 0.05) is 6.42 Å². The van der Waals surface area contributed by atoms with E-state index in [1.165, 1.54) is 186 Å². The third-order valence-corrected chi connectivity index (χ3v) is 11.5. The van der Waals surface area contributed by atoms with Crippen LogP contribution in [-0.4, -0.2) is 34.9 Å². The number of hydrogen-bond acceptors (Lipinski definition) is 3. The fourth-order valence-electron chi connectivity index (χ4n) is 7.64. The fraction of sp³-hybridized carbons (Fsp3) is 0.796. The maximum absolute atomic E-state index is 12.4. The van der Waals surface area contributed by atoms with Crippen molar-refractivity contribution in [1.29, 1.82) is 0 Å². The van der Waals surface area contributed by atoms with Crippen molar-refractivity contribution in [3.63, 3.8) is 0 Å². The molecule has 0 bridgehead atoms. The minimum Gasteiger partial charge on any atom is -0.394 e. The lowest BCUT2D eigenvalue weighted by Gasteiger charge is -2.20. The summed E-state index contributed by atoms with van der Waals surface area (Å²) < 4.78 is 0. The van der Waals surface area contributed by atoms with Crippen molar-refractivity contribution in [1.82, 2.24) is 5.32 Å². The van der Waals surface area contributed by atoms with Crippen LogP contribution in [0.2, 0.25) is 0 Å². The second-order valence-electron chi connectivity index (χ2n) is 17.2. The molecule has 0 spiro atoms. The number of hydrogen-bond donors (Lipinski definition) is 3. The molecule has 0 fully saturated rings. The Kier molecular flexibility index (Phi) is 47.8. The van der Waals surface area contributed by atoms with Crippen LogP contribution in [0, 0.1) is 0 Å². The van der Waals surface area contributed by atoms with Gasteiger partial charge in [0.15, 0.2) is 0 Å². The van der Waals surface area contributed by atoms with Crippen molar-refractivity contribution < 1.29 is 15.0 Å². The van der Waals surface area contributed by atoms with Crippen LogP contribution in [0.25, 0.3) is 0 Å². The Morgan fingerprint density at radius 1 is 0.431 bits per heavy atom. The van der Waals surface area contributed by atoms with E-state index in [0.717, 1.165) is 51.4 Å². The summed E-state index contributed by atoms with van der Waals surface area (Å²) in [5.41, 5.74) is 0. The third-order valence-electron chi connectivity index (χ3n) is 11.5. The maximum Gasteiger partial charge on any atom is 0.220 e. The summed E-state index contributed by atoms with van der Waals surface area (Å²) in [6.45, 7) is 4.21. The zero-order chi connectivity index (χ0) is 42.1. The minimum absolute atomic E-state index is 0.0660. The Balaban J connectivity index is 3.54. The normalized spacial score (nSPS) is 13.4. The number of carbonyl (C=O) groups excluding carboxylic acids is 1. The number of aliphatic hydroxyl groups is 2. The van der Waals surface area contributed by atoms with Gasteiger partial charge in [0.05, 0.1) is 18.8 Å². The van der Waals surface area contributed by atoms with Gasteiger partial charge in [-0.25, -0.2) is 0 Å². The smallest absolute Gasteiger partial charge is 0.220 e. The molecule has 338 valence electrons. The molecule has 4 nitrogen and oxygen atoms in total. The largest absolute Gasteiger partial charge is 0.394 e. The average molecular weight is 810 g/mol. The van der Waals surface area contributed by atoms with Gasteiger partial charge >= 0.3 is 0 Å². The van der Waals surface area contributed by atoms with E-state index in [0.29, 0.717) is 6.42 Å². The molecule has 2 unspecified atom stereocenters. The topological polar surface area (TPSA) is 69.6 Å². The Hall–Kier alpha value is -1.91. The molecule has 0 aromatic carbocycles. The lowest BCUT2D eigenvalue weighted by atomic mass is 10.0. The van der Waals surface area contributed by atoms with Gasteiger partial charge in [-0.3, -0.25) is 4.79 Å². The highest BCUT2D eigenvalue weighted by molar-refractivity contribution is 5.76. The zero-order valence-electron chi connectivity index (χ0n) is 38.8. The lowest BCUT2D eigenvalue weighted by Crippen LogP contribution is -2.45. The van der Waals surface area contributed by atoms with Crippen molar-refractivity contribution in [3.8, 4) is 0 Å². The molecule has 3 N–H and O–H groups in total. The number of allylic oxidation sites excluding steroid dienone is 9. The first kappa shape index (κ1) is 56.1. The van der Waals surface area contributed by atoms with Crippen LogP contribution in [0.5, 0.6) is 0 Å². The molecule has 0 rings (SSSR count). The van der Waals surface area contributed by atoms with Crippen LogP contribution < -0.4 is 5.32 Å². The first-order chi connectivity index (χ1) is 28.7. The molecule has 0 aliphatic rings. The van der Waals surface area contributed by atoms with E-state index in [2.05, 4.69) is 67.8 Å². The number of nitrogens with one attached hydrogen (secondary N) is 1. The Morgan fingerprint density at radius 3 is 1.14 bits per heavy atom. The van der Waals surface area contributed by atoms with Crippen molar-refractivity contribution in [3.05, 3.63) is 60.8 Å². The van der Waals surface area contributed by atoms with Crippen molar-refractivity contribution >= 4 is 5.91 Å². The molecule has 0 aromatic heterocycles. The first-order valence-corrected chi connectivity index (χ1v) is 25.5. The van der Waals surface area contributed by atoms with E-state index < -0.39 is 12.1 Å². The van der Waals surface area contributed by atoms with Gasteiger partial charge in [0.1, 0.15) is 0 Å². The lowest BCUT2D eigenvalue weighted by molar-refractivity contribution is -0.123. The minimum atomic E-state index is -0.842. The highest BCUT2D eigenvalue weighted by atomic mass is 16.3.